The van der Waals surface area contributed by atoms with Crippen LogP contribution in [0.5, 0.6) is 0 Å². The number of carboxylic acid groups (broad SMARTS) is 1. The largest absolute Gasteiger partial charge is 0.477 e. The maximum Gasteiger partial charge on any atom is 0.354 e. The van der Waals surface area contributed by atoms with Crippen molar-refractivity contribution in [2.45, 2.75) is 19.3 Å². The highest BCUT2D eigenvalue weighted by Gasteiger charge is 2.22. The topological polar surface area (TPSA) is 96.6 Å². The Bertz CT molecular complexity index is 754. The Morgan fingerprint density at radius 2 is 2.00 bits per heavy atom. The third-order valence-corrected chi connectivity index (χ3v) is 3.91. The van der Waals surface area contributed by atoms with Crippen LogP contribution in [0.15, 0.2) is 24.3 Å². The minimum absolute atomic E-state index is 0.132. The SMILES string of the molecule is O=C(O)c1cc(N2CCCCC2)c2cccc([N+](=O)[O-])c2n1. The average Bonchev–Trinajstić information content (AvgIpc) is 2.53. The van der Waals surface area contributed by atoms with Crippen molar-refractivity contribution in [3.05, 3.63) is 40.1 Å². The summed E-state index contributed by atoms with van der Waals surface area (Å²) in [5, 5.41) is 21.1. The predicted molar refractivity (Wildman–Crippen MR) is 81.4 cm³/mol. The Morgan fingerprint density at radius 3 is 2.64 bits per heavy atom. The van der Waals surface area contributed by atoms with Gasteiger partial charge >= 0.3 is 5.97 Å². The van der Waals surface area contributed by atoms with Crippen LogP contribution in [-0.4, -0.2) is 34.1 Å². The van der Waals surface area contributed by atoms with Crippen molar-refractivity contribution in [3.63, 3.8) is 0 Å². The van der Waals surface area contributed by atoms with Crippen LogP contribution in [-0.2, 0) is 0 Å². The van der Waals surface area contributed by atoms with Crippen molar-refractivity contribution < 1.29 is 14.8 Å². The van der Waals surface area contributed by atoms with Gasteiger partial charge < -0.3 is 10.0 Å². The standard InChI is InChI=1S/C15H15N3O4/c19-15(20)11-9-13(17-7-2-1-3-8-17)10-5-4-6-12(18(21)22)14(10)16-11/h4-6,9H,1-3,7-8H2,(H,19,20). The molecule has 0 aliphatic carbocycles. The summed E-state index contributed by atoms with van der Waals surface area (Å²) in [6.07, 6.45) is 3.20. The number of aromatic carboxylic acids is 1. The number of nitro groups is 1. The zero-order chi connectivity index (χ0) is 15.7. The molecule has 0 saturated carbocycles. The molecule has 1 saturated heterocycles. The summed E-state index contributed by atoms with van der Waals surface area (Å²) in [7, 11) is 0. The highest BCUT2D eigenvalue weighted by molar-refractivity contribution is 6.01. The fourth-order valence-corrected chi connectivity index (χ4v) is 2.87. The van der Waals surface area contributed by atoms with E-state index in [1.54, 1.807) is 12.1 Å². The molecule has 2 heterocycles. The van der Waals surface area contributed by atoms with Gasteiger partial charge in [0.25, 0.3) is 5.69 Å². The number of hydrogen-bond donors (Lipinski definition) is 1. The lowest BCUT2D eigenvalue weighted by atomic mass is 10.1. The molecule has 1 aromatic heterocycles. The first-order chi connectivity index (χ1) is 10.6. The van der Waals surface area contributed by atoms with E-state index in [-0.39, 0.29) is 16.9 Å². The van der Waals surface area contributed by atoms with Crippen LogP contribution in [0.4, 0.5) is 11.4 Å². The summed E-state index contributed by atoms with van der Waals surface area (Å²) < 4.78 is 0. The molecule has 0 spiro atoms. The molecule has 0 atom stereocenters. The first-order valence-corrected chi connectivity index (χ1v) is 7.14. The number of fused-ring (bicyclic) bond motifs is 1. The van der Waals surface area contributed by atoms with Crippen molar-refractivity contribution in [1.29, 1.82) is 0 Å². The number of pyridine rings is 1. The Hall–Kier alpha value is -2.70. The van der Waals surface area contributed by atoms with Gasteiger partial charge in [0.2, 0.25) is 0 Å². The lowest BCUT2D eigenvalue weighted by Gasteiger charge is -2.29. The number of rotatable bonds is 3. The van der Waals surface area contributed by atoms with Gasteiger partial charge in [-0.25, -0.2) is 9.78 Å². The van der Waals surface area contributed by atoms with Crippen LogP contribution >= 0.6 is 0 Å². The molecule has 22 heavy (non-hydrogen) atoms. The first kappa shape index (κ1) is 14.2. The molecule has 2 aromatic rings. The molecular formula is C15H15N3O4. The lowest BCUT2D eigenvalue weighted by molar-refractivity contribution is -0.383. The van der Waals surface area contributed by atoms with Gasteiger partial charge in [-0.15, -0.1) is 0 Å². The third-order valence-electron chi connectivity index (χ3n) is 3.91. The van der Waals surface area contributed by atoms with Crippen LogP contribution < -0.4 is 4.90 Å². The summed E-state index contributed by atoms with van der Waals surface area (Å²) in [5.41, 5.74) is 0.514. The Kier molecular flexibility index (Phi) is 3.62. The van der Waals surface area contributed by atoms with E-state index in [9.17, 15) is 20.0 Å². The van der Waals surface area contributed by atoms with Gasteiger partial charge in [0, 0.05) is 30.2 Å². The van der Waals surface area contributed by atoms with E-state index in [2.05, 4.69) is 9.88 Å². The molecule has 0 amide bonds. The van der Waals surface area contributed by atoms with Gasteiger partial charge in [0.15, 0.2) is 11.2 Å². The van der Waals surface area contributed by atoms with Crippen molar-refractivity contribution in [2.24, 2.45) is 0 Å². The number of anilines is 1. The summed E-state index contributed by atoms with van der Waals surface area (Å²) in [6, 6.07) is 6.22. The summed E-state index contributed by atoms with van der Waals surface area (Å²) >= 11 is 0. The highest BCUT2D eigenvalue weighted by atomic mass is 16.6. The molecule has 0 radical (unpaired) electrons. The summed E-state index contributed by atoms with van der Waals surface area (Å²) in [6.45, 7) is 1.64. The second kappa shape index (κ2) is 5.59. The Labute approximate surface area is 126 Å². The number of nitrogens with zero attached hydrogens (tertiary/aromatic N) is 3. The molecule has 0 unspecified atom stereocenters. The molecule has 1 N–H and O–H groups in total. The summed E-state index contributed by atoms with van der Waals surface area (Å²) in [4.78, 5) is 28.0. The van der Waals surface area contributed by atoms with Gasteiger partial charge in [0.05, 0.1) is 4.92 Å². The molecule has 7 nitrogen and oxygen atoms in total. The van der Waals surface area contributed by atoms with Crippen molar-refractivity contribution in [2.75, 3.05) is 18.0 Å². The molecule has 1 fully saturated rings. The van der Waals surface area contributed by atoms with Gasteiger partial charge in [-0.1, -0.05) is 12.1 Å². The van der Waals surface area contributed by atoms with Crippen LogP contribution in [0.2, 0.25) is 0 Å². The Morgan fingerprint density at radius 1 is 1.27 bits per heavy atom. The molecule has 1 aromatic carbocycles. The maximum absolute atomic E-state index is 11.3. The van der Waals surface area contributed by atoms with E-state index in [1.165, 1.54) is 12.1 Å². The second-order valence-corrected chi connectivity index (χ2v) is 5.31. The van der Waals surface area contributed by atoms with Crippen molar-refractivity contribution >= 4 is 28.2 Å². The minimum Gasteiger partial charge on any atom is -0.477 e. The molecule has 1 aliphatic rings. The van der Waals surface area contributed by atoms with E-state index >= 15 is 0 Å². The number of para-hydroxylation sites is 1. The van der Waals surface area contributed by atoms with E-state index in [1.807, 2.05) is 0 Å². The Balaban J connectivity index is 2.27. The monoisotopic (exact) mass is 301 g/mol. The number of hydrogen-bond acceptors (Lipinski definition) is 5. The first-order valence-electron chi connectivity index (χ1n) is 7.14. The van der Waals surface area contributed by atoms with Crippen LogP contribution in [0.3, 0.4) is 0 Å². The predicted octanol–water partition coefficient (Wildman–Crippen LogP) is 2.83. The van der Waals surface area contributed by atoms with Gasteiger partial charge in [0.1, 0.15) is 0 Å². The number of piperidine rings is 1. The van der Waals surface area contributed by atoms with Crippen LogP contribution in [0.1, 0.15) is 29.8 Å². The fraction of sp³-hybridized carbons (Fsp3) is 0.333. The quantitative estimate of drug-likeness (QED) is 0.691. The number of nitro benzene ring substituents is 1. The normalized spacial score (nSPS) is 15.0. The van der Waals surface area contributed by atoms with Gasteiger partial charge in [-0.2, -0.15) is 0 Å². The van der Waals surface area contributed by atoms with Crippen molar-refractivity contribution in [3.8, 4) is 0 Å². The smallest absolute Gasteiger partial charge is 0.354 e. The zero-order valence-corrected chi connectivity index (χ0v) is 11.9. The summed E-state index contributed by atoms with van der Waals surface area (Å²) in [5.74, 6) is -1.18. The molecular weight excluding hydrogens is 286 g/mol. The molecule has 1 aliphatic heterocycles. The van der Waals surface area contributed by atoms with E-state index in [0.717, 1.165) is 32.4 Å². The molecule has 0 bridgehead atoms. The fourth-order valence-electron chi connectivity index (χ4n) is 2.87. The lowest BCUT2D eigenvalue weighted by Crippen LogP contribution is -2.29. The minimum atomic E-state index is -1.18. The zero-order valence-electron chi connectivity index (χ0n) is 11.9. The molecule has 7 heteroatoms. The van der Waals surface area contributed by atoms with E-state index in [4.69, 9.17) is 0 Å². The molecule has 3 rings (SSSR count). The van der Waals surface area contributed by atoms with E-state index in [0.29, 0.717) is 11.1 Å². The number of non-ortho nitro benzene ring substituents is 1. The highest BCUT2D eigenvalue weighted by Crippen LogP contribution is 2.33. The number of benzene rings is 1. The maximum atomic E-state index is 11.3. The van der Waals surface area contributed by atoms with Gasteiger partial charge in [-0.05, 0) is 25.3 Å². The molecule has 114 valence electrons. The number of carbonyl (C=O) groups is 1. The number of aromatic nitrogens is 1. The van der Waals surface area contributed by atoms with Crippen molar-refractivity contribution in [1.82, 2.24) is 4.98 Å². The number of carboxylic acids is 1. The van der Waals surface area contributed by atoms with E-state index < -0.39 is 10.9 Å². The third kappa shape index (κ3) is 2.45. The van der Waals surface area contributed by atoms with Crippen LogP contribution in [0, 0.1) is 10.1 Å². The van der Waals surface area contributed by atoms with Crippen LogP contribution in [0.25, 0.3) is 10.9 Å². The second-order valence-electron chi connectivity index (χ2n) is 5.31. The average molecular weight is 301 g/mol. The van der Waals surface area contributed by atoms with Gasteiger partial charge in [-0.3, -0.25) is 10.1 Å².